The highest BCUT2D eigenvalue weighted by atomic mass is 35.5. The van der Waals surface area contributed by atoms with Crippen LogP contribution in [0.15, 0.2) is 36.4 Å². The fourth-order valence-corrected chi connectivity index (χ4v) is 4.39. The summed E-state index contributed by atoms with van der Waals surface area (Å²) in [5, 5.41) is 3.29. The van der Waals surface area contributed by atoms with E-state index in [1.165, 1.54) is 18.2 Å². The van der Waals surface area contributed by atoms with Crippen LogP contribution < -0.4 is 9.62 Å². The first-order valence-electron chi connectivity index (χ1n) is 7.62. The van der Waals surface area contributed by atoms with Crippen LogP contribution in [-0.2, 0) is 14.8 Å². The number of hydrogen-bond acceptors (Lipinski definition) is 4. The van der Waals surface area contributed by atoms with Gasteiger partial charge in [-0.2, -0.15) is 0 Å². The van der Waals surface area contributed by atoms with Crippen LogP contribution in [0.3, 0.4) is 0 Å². The Morgan fingerprint density at radius 3 is 2.46 bits per heavy atom. The van der Waals surface area contributed by atoms with Crippen LogP contribution in [0.25, 0.3) is 0 Å². The third-order valence-electron chi connectivity index (χ3n) is 3.94. The Morgan fingerprint density at radius 2 is 1.85 bits per heavy atom. The highest BCUT2D eigenvalue weighted by Crippen LogP contribution is 2.30. The normalized spacial score (nSPS) is 16.0. The van der Waals surface area contributed by atoms with Gasteiger partial charge in [-0.3, -0.25) is 9.59 Å². The van der Waals surface area contributed by atoms with E-state index in [1.807, 2.05) is 6.92 Å². The number of halogens is 2. The van der Waals surface area contributed by atoms with Crippen LogP contribution in [0.1, 0.15) is 22.3 Å². The fraction of sp³-hybridized carbons (Fsp3) is 0.176. The third kappa shape index (κ3) is 3.56. The molecule has 0 unspecified atom stereocenters. The molecule has 1 N–H and O–H groups in total. The highest BCUT2D eigenvalue weighted by molar-refractivity contribution is 7.94. The van der Waals surface area contributed by atoms with Crippen molar-refractivity contribution >= 4 is 56.4 Å². The van der Waals surface area contributed by atoms with Gasteiger partial charge in [0.1, 0.15) is 0 Å². The van der Waals surface area contributed by atoms with E-state index in [2.05, 4.69) is 5.32 Å². The summed E-state index contributed by atoms with van der Waals surface area (Å²) in [7, 11) is -3.72. The monoisotopic (exact) mass is 412 g/mol. The van der Waals surface area contributed by atoms with E-state index in [-0.39, 0.29) is 28.4 Å². The minimum atomic E-state index is -3.72. The zero-order chi connectivity index (χ0) is 19.1. The molecule has 1 saturated heterocycles. The van der Waals surface area contributed by atoms with Crippen molar-refractivity contribution in [3.63, 3.8) is 0 Å². The number of carbonyl (C=O) groups excluding carboxylic acids is 2. The van der Waals surface area contributed by atoms with Crippen LogP contribution >= 0.6 is 23.2 Å². The first kappa shape index (κ1) is 18.7. The molecule has 1 aliphatic rings. The molecule has 136 valence electrons. The lowest BCUT2D eigenvalue weighted by molar-refractivity contribution is -0.116. The molecule has 0 aliphatic carbocycles. The Morgan fingerprint density at radius 1 is 1.12 bits per heavy atom. The van der Waals surface area contributed by atoms with Crippen molar-refractivity contribution in [2.24, 2.45) is 0 Å². The van der Waals surface area contributed by atoms with Gasteiger partial charge in [-0.25, -0.2) is 12.7 Å². The summed E-state index contributed by atoms with van der Waals surface area (Å²) >= 11 is 12.1. The number of hydrogen-bond donors (Lipinski definition) is 1. The van der Waals surface area contributed by atoms with Crippen LogP contribution in [0.4, 0.5) is 11.4 Å². The van der Waals surface area contributed by atoms with E-state index in [0.717, 1.165) is 5.56 Å². The maximum Gasteiger partial charge on any atom is 0.257 e. The molecule has 9 heteroatoms. The summed E-state index contributed by atoms with van der Waals surface area (Å²) < 4.78 is 24.8. The van der Waals surface area contributed by atoms with Crippen molar-refractivity contribution in [3.05, 3.63) is 57.6 Å². The number of amides is 2. The van der Waals surface area contributed by atoms with Crippen molar-refractivity contribution < 1.29 is 18.0 Å². The number of carbonyl (C=O) groups is 2. The molecule has 2 amide bonds. The first-order chi connectivity index (χ1) is 12.2. The van der Waals surface area contributed by atoms with Gasteiger partial charge in [0, 0.05) is 17.1 Å². The Balaban J connectivity index is 1.93. The van der Waals surface area contributed by atoms with Gasteiger partial charge in [0.15, 0.2) is 0 Å². The minimum absolute atomic E-state index is 0.0516. The van der Waals surface area contributed by atoms with Crippen molar-refractivity contribution in [3.8, 4) is 0 Å². The first-order valence-corrected chi connectivity index (χ1v) is 9.98. The van der Waals surface area contributed by atoms with Gasteiger partial charge in [-0.1, -0.05) is 29.3 Å². The maximum atomic E-state index is 12.5. The zero-order valence-corrected chi connectivity index (χ0v) is 16.0. The second-order valence-corrected chi connectivity index (χ2v) is 8.56. The molecule has 0 spiro atoms. The standard InChI is InChI=1S/C17H14Cl2N2O4S/c1-10-2-3-11(8-15(10)19)20-17(23)13-9-12(4-5-14(13)18)21-16(22)6-7-26(21,24)25/h2-5,8-9H,6-7H2,1H3,(H,20,23). The van der Waals surface area contributed by atoms with E-state index < -0.39 is 21.8 Å². The number of nitrogens with zero attached hydrogens (tertiary/aromatic N) is 1. The largest absolute Gasteiger partial charge is 0.322 e. The van der Waals surface area contributed by atoms with E-state index in [9.17, 15) is 18.0 Å². The molecular formula is C17H14Cl2N2O4S. The number of aryl methyl sites for hydroxylation is 1. The maximum absolute atomic E-state index is 12.5. The lowest BCUT2D eigenvalue weighted by atomic mass is 10.1. The van der Waals surface area contributed by atoms with E-state index in [4.69, 9.17) is 23.2 Å². The molecule has 26 heavy (non-hydrogen) atoms. The van der Waals surface area contributed by atoms with Gasteiger partial charge in [0.25, 0.3) is 5.91 Å². The molecule has 0 radical (unpaired) electrons. The third-order valence-corrected chi connectivity index (χ3v) is 6.36. The quantitative estimate of drug-likeness (QED) is 0.833. The topological polar surface area (TPSA) is 83.6 Å². The van der Waals surface area contributed by atoms with Gasteiger partial charge in [-0.05, 0) is 42.8 Å². The zero-order valence-electron chi connectivity index (χ0n) is 13.6. The van der Waals surface area contributed by atoms with Crippen LogP contribution in [0, 0.1) is 6.92 Å². The molecule has 2 aromatic carbocycles. The molecule has 2 aromatic rings. The van der Waals surface area contributed by atoms with Crippen molar-refractivity contribution in [1.82, 2.24) is 0 Å². The lowest BCUT2D eigenvalue weighted by Crippen LogP contribution is -2.29. The average molecular weight is 413 g/mol. The molecule has 0 atom stereocenters. The predicted molar refractivity (Wildman–Crippen MR) is 101 cm³/mol. The summed E-state index contributed by atoms with van der Waals surface area (Å²) in [6, 6.07) is 9.10. The van der Waals surface area contributed by atoms with Gasteiger partial charge in [-0.15, -0.1) is 0 Å². The van der Waals surface area contributed by atoms with Gasteiger partial charge < -0.3 is 5.32 Å². The summed E-state index contributed by atoms with van der Waals surface area (Å²) in [5.41, 5.74) is 1.47. The smallest absolute Gasteiger partial charge is 0.257 e. The molecule has 0 aromatic heterocycles. The van der Waals surface area contributed by atoms with E-state index >= 15 is 0 Å². The van der Waals surface area contributed by atoms with E-state index in [1.54, 1.807) is 18.2 Å². The Kier molecular flexibility index (Phi) is 4.96. The SMILES string of the molecule is Cc1ccc(NC(=O)c2cc(N3C(=O)CCS3(=O)=O)ccc2Cl)cc1Cl. The molecule has 1 heterocycles. The summed E-state index contributed by atoms with van der Waals surface area (Å²) in [5.74, 6) is -1.33. The van der Waals surface area contributed by atoms with Crippen molar-refractivity contribution in [2.75, 3.05) is 15.4 Å². The molecule has 0 bridgehead atoms. The number of anilines is 2. The van der Waals surface area contributed by atoms with Crippen LogP contribution in [0.5, 0.6) is 0 Å². The molecule has 6 nitrogen and oxygen atoms in total. The van der Waals surface area contributed by atoms with E-state index in [0.29, 0.717) is 15.0 Å². The molecule has 0 saturated carbocycles. The van der Waals surface area contributed by atoms with Gasteiger partial charge >= 0.3 is 0 Å². The summed E-state index contributed by atoms with van der Waals surface area (Å²) in [6.07, 6.45) is -0.0889. The molecule has 1 fully saturated rings. The van der Waals surface area contributed by atoms with Gasteiger partial charge in [0.2, 0.25) is 15.9 Å². The second-order valence-electron chi connectivity index (χ2n) is 5.81. The molecule has 3 rings (SSSR count). The Hall–Kier alpha value is -2.09. The predicted octanol–water partition coefficient (Wildman–Crippen LogP) is 3.62. The fourth-order valence-electron chi connectivity index (χ4n) is 2.55. The number of rotatable bonds is 3. The van der Waals surface area contributed by atoms with Crippen molar-refractivity contribution in [1.29, 1.82) is 0 Å². The average Bonchev–Trinajstić information content (AvgIpc) is 2.85. The van der Waals surface area contributed by atoms with Crippen LogP contribution in [0.2, 0.25) is 10.0 Å². The summed E-state index contributed by atoms with van der Waals surface area (Å²) in [6.45, 7) is 1.84. The Labute approximate surface area is 160 Å². The van der Waals surface area contributed by atoms with Crippen molar-refractivity contribution in [2.45, 2.75) is 13.3 Å². The van der Waals surface area contributed by atoms with Gasteiger partial charge in [0.05, 0.1) is 22.0 Å². The molecular weight excluding hydrogens is 399 g/mol. The Bertz CT molecular complexity index is 1020. The molecule has 1 aliphatic heterocycles. The second kappa shape index (κ2) is 6.90. The number of nitrogens with one attached hydrogen (secondary N) is 1. The lowest BCUT2D eigenvalue weighted by Gasteiger charge is -2.16. The number of benzene rings is 2. The van der Waals surface area contributed by atoms with Crippen LogP contribution in [-0.4, -0.2) is 26.0 Å². The minimum Gasteiger partial charge on any atom is -0.322 e. The highest BCUT2D eigenvalue weighted by Gasteiger charge is 2.36. The summed E-state index contributed by atoms with van der Waals surface area (Å²) in [4.78, 5) is 24.5. The number of sulfonamides is 1.